The molecule has 0 aromatic heterocycles. The number of rotatable bonds is 3. The Morgan fingerprint density at radius 1 is 0.968 bits per heavy atom. The average molecular weight is 438 g/mol. The second-order valence-corrected chi connectivity index (χ2v) is 10.1. The van der Waals surface area contributed by atoms with Gasteiger partial charge in [-0.15, -0.1) is 0 Å². The number of hydrogen-bond acceptors (Lipinski definition) is 5. The number of carbonyl (C=O) groups excluding carboxylic acids is 1. The highest BCUT2D eigenvalue weighted by atomic mass is 32.2. The van der Waals surface area contributed by atoms with Crippen LogP contribution >= 0.6 is 0 Å². The first-order valence-electron chi connectivity index (χ1n) is 10.3. The molecule has 1 spiro atoms. The van der Waals surface area contributed by atoms with Gasteiger partial charge >= 0.3 is 0 Å². The third-order valence-corrected chi connectivity index (χ3v) is 8.23. The monoisotopic (exact) mass is 437 g/mol. The largest absolute Gasteiger partial charge is 0.497 e. The van der Waals surface area contributed by atoms with Gasteiger partial charge in [-0.1, -0.05) is 30.3 Å². The molecule has 0 unspecified atom stereocenters. The summed E-state index contributed by atoms with van der Waals surface area (Å²) in [5, 5.41) is 1.94. The zero-order valence-corrected chi connectivity index (χ0v) is 18.0. The number of benzene rings is 3. The lowest BCUT2D eigenvalue weighted by Crippen LogP contribution is -2.52. The van der Waals surface area contributed by atoms with Crippen molar-refractivity contribution in [3.63, 3.8) is 0 Å². The smallest absolute Gasteiger partial charge is 0.243 e. The maximum atomic E-state index is 13.1. The lowest BCUT2D eigenvalue weighted by molar-refractivity contribution is 0.00715. The summed E-state index contributed by atoms with van der Waals surface area (Å²) in [7, 11) is -2.07. The number of fused-ring (bicyclic) bond motifs is 3. The van der Waals surface area contributed by atoms with Crippen LogP contribution in [0.1, 0.15) is 29.6 Å². The quantitative estimate of drug-likeness (QED) is 0.618. The van der Waals surface area contributed by atoms with Crippen molar-refractivity contribution in [2.24, 2.45) is 0 Å². The Labute approximate surface area is 181 Å². The van der Waals surface area contributed by atoms with E-state index >= 15 is 0 Å². The van der Waals surface area contributed by atoms with Crippen LogP contribution in [0.15, 0.2) is 65.6 Å². The van der Waals surface area contributed by atoms with Gasteiger partial charge < -0.3 is 9.47 Å². The molecular formula is C24H23NO5S. The number of carbonyl (C=O) groups is 1. The van der Waals surface area contributed by atoms with Gasteiger partial charge in [-0.25, -0.2) is 8.42 Å². The topological polar surface area (TPSA) is 72.9 Å². The molecule has 0 radical (unpaired) electrons. The summed E-state index contributed by atoms with van der Waals surface area (Å²) in [6.07, 6.45) is 1.21. The summed E-state index contributed by atoms with van der Waals surface area (Å²) in [6, 6.07) is 18.0. The van der Waals surface area contributed by atoms with E-state index in [9.17, 15) is 13.2 Å². The van der Waals surface area contributed by atoms with Crippen molar-refractivity contribution >= 4 is 26.6 Å². The van der Waals surface area contributed by atoms with E-state index in [-0.39, 0.29) is 17.1 Å². The Balaban J connectivity index is 1.40. The Bertz CT molecular complexity index is 1260. The molecule has 0 N–H and O–H groups in total. The molecule has 0 amide bonds. The SMILES string of the molecule is COc1ccc(S(=O)(=O)N2CCC3(CC2)CC(=O)c2ccc4ccccc4c2O3)cc1. The standard InChI is InChI=1S/C24H23NO5S/c1-29-18-7-9-19(10-8-18)31(27,28)25-14-12-24(13-15-25)16-22(26)21-11-6-17-4-2-3-5-20(17)23(21)30-24/h2-11H,12-16H2,1H3. The Hall–Kier alpha value is -2.90. The minimum Gasteiger partial charge on any atom is -0.497 e. The summed E-state index contributed by atoms with van der Waals surface area (Å²) in [4.78, 5) is 13.2. The van der Waals surface area contributed by atoms with Gasteiger partial charge in [0.25, 0.3) is 0 Å². The second kappa shape index (κ2) is 7.35. The fraction of sp³-hybridized carbons (Fsp3) is 0.292. The first-order valence-corrected chi connectivity index (χ1v) is 11.7. The number of nitrogens with zero attached hydrogens (tertiary/aromatic N) is 1. The Kier molecular flexibility index (Phi) is 4.75. The van der Waals surface area contributed by atoms with Crippen molar-refractivity contribution in [3.05, 3.63) is 66.2 Å². The van der Waals surface area contributed by atoms with Crippen LogP contribution in [0.4, 0.5) is 0 Å². The molecule has 6 nitrogen and oxygen atoms in total. The van der Waals surface area contributed by atoms with Gasteiger partial charge in [0.05, 0.1) is 24.0 Å². The molecule has 3 aromatic rings. The van der Waals surface area contributed by atoms with Gasteiger partial charge in [0.2, 0.25) is 10.0 Å². The highest BCUT2D eigenvalue weighted by molar-refractivity contribution is 7.89. The Morgan fingerprint density at radius 3 is 2.39 bits per heavy atom. The zero-order chi connectivity index (χ0) is 21.6. The molecule has 1 fully saturated rings. The number of sulfonamides is 1. The molecule has 2 heterocycles. The van der Waals surface area contributed by atoms with E-state index in [1.165, 1.54) is 4.31 Å². The molecule has 3 aromatic carbocycles. The Morgan fingerprint density at radius 2 is 1.68 bits per heavy atom. The average Bonchev–Trinajstić information content (AvgIpc) is 2.79. The van der Waals surface area contributed by atoms with Crippen LogP contribution in [0.3, 0.4) is 0 Å². The predicted octanol–water partition coefficient (Wildman–Crippen LogP) is 4.04. The summed E-state index contributed by atoms with van der Waals surface area (Å²) >= 11 is 0. The van der Waals surface area contributed by atoms with Crippen LogP contribution < -0.4 is 9.47 Å². The van der Waals surface area contributed by atoms with E-state index in [0.717, 1.165) is 10.8 Å². The highest BCUT2D eigenvalue weighted by Crippen LogP contribution is 2.43. The predicted molar refractivity (Wildman–Crippen MR) is 117 cm³/mol. The maximum Gasteiger partial charge on any atom is 0.243 e. The van der Waals surface area contributed by atoms with Crippen LogP contribution in [-0.4, -0.2) is 44.3 Å². The van der Waals surface area contributed by atoms with E-state index in [2.05, 4.69) is 0 Å². The van der Waals surface area contributed by atoms with E-state index in [1.807, 2.05) is 36.4 Å². The van der Waals surface area contributed by atoms with Gasteiger partial charge in [-0.05, 0) is 35.7 Å². The van der Waals surface area contributed by atoms with E-state index in [1.54, 1.807) is 31.4 Å². The van der Waals surface area contributed by atoms with Crippen LogP contribution in [0.25, 0.3) is 10.8 Å². The number of hydrogen-bond donors (Lipinski definition) is 0. The molecule has 2 aliphatic rings. The van der Waals surface area contributed by atoms with Gasteiger partial charge in [-0.3, -0.25) is 4.79 Å². The van der Waals surface area contributed by atoms with Gasteiger partial charge in [-0.2, -0.15) is 4.31 Å². The fourth-order valence-corrected chi connectivity index (χ4v) is 5.96. The van der Waals surface area contributed by atoms with Gasteiger partial charge in [0.1, 0.15) is 17.1 Å². The number of ketones is 1. The number of methoxy groups -OCH3 is 1. The normalized spacial score (nSPS) is 18.5. The fourth-order valence-electron chi connectivity index (χ4n) is 4.52. The van der Waals surface area contributed by atoms with Crippen LogP contribution in [0.5, 0.6) is 11.5 Å². The maximum absolute atomic E-state index is 13.1. The van der Waals surface area contributed by atoms with E-state index in [4.69, 9.17) is 9.47 Å². The summed E-state index contributed by atoms with van der Waals surface area (Å²) in [6.45, 7) is 0.615. The molecule has 160 valence electrons. The number of piperidine rings is 1. The minimum atomic E-state index is -3.61. The number of ether oxygens (including phenoxy) is 2. The molecule has 1 saturated heterocycles. The van der Waals surface area contributed by atoms with Gasteiger partial charge in [0, 0.05) is 31.3 Å². The molecular weight excluding hydrogens is 414 g/mol. The molecule has 2 aliphatic heterocycles. The molecule has 0 aliphatic carbocycles. The molecule has 31 heavy (non-hydrogen) atoms. The first kappa shape index (κ1) is 20.0. The lowest BCUT2D eigenvalue weighted by Gasteiger charge is -2.43. The summed E-state index contributed by atoms with van der Waals surface area (Å²) < 4.78 is 39.2. The van der Waals surface area contributed by atoms with Crippen molar-refractivity contribution in [1.82, 2.24) is 4.31 Å². The summed E-state index contributed by atoms with van der Waals surface area (Å²) in [5.74, 6) is 1.29. The molecule has 5 rings (SSSR count). The lowest BCUT2D eigenvalue weighted by atomic mass is 9.82. The van der Waals surface area contributed by atoms with Crippen molar-refractivity contribution < 1.29 is 22.7 Å². The zero-order valence-electron chi connectivity index (χ0n) is 17.2. The van der Waals surface area contributed by atoms with Crippen LogP contribution in [0, 0.1) is 0 Å². The minimum absolute atomic E-state index is 0.0541. The van der Waals surface area contributed by atoms with Gasteiger partial charge in [0.15, 0.2) is 5.78 Å². The molecule has 0 atom stereocenters. The van der Waals surface area contributed by atoms with E-state index < -0.39 is 15.6 Å². The molecule has 7 heteroatoms. The second-order valence-electron chi connectivity index (χ2n) is 8.13. The van der Waals surface area contributed by atoms with E-state index in [0.29, 0.717) is 43.0 Å². The van der Waals surface area contributed by atoms with Crippen LogP contribution in [0.2, 0.25) is 0 Å². The van der Waals surface area contributed by atoms with Crippen LogP contribution in [-0.2, 0) is 10.0 Å². The summed E-state index contributed by atoms with van der Waals surface area (Å²) in [5.41, 5.74) is -0.0576. The molecule has 0 saturated carbocycles. The van der Waals surface area contributed by atoms with Crippen molar-refractivity contribution in [2.45, 2.75) is 29.8 Å². The third kappa shape index (κ3) is 3.38. The highest BCUT2D eigenvalue weighted by Gasteiger charge is 2.45. The van der Waals surface area contributed by atoms with Crippen molar-refractivity contribution in [1.29, 1.82) is 0 Å². The third-order valence-electron chi connectivity index (χ3n) is 6.31. The first-order chi connectivity index (χ1) is 14.9. The number of Topliss-reactive ketones (excluding diaryl/α,β-unsaturated/α-hetero) is 1. The van der Waals surface area contributed by atoms with Crippen molar-refractivity contribution in [3.8, 4) is 11.5 Å². The molecule has 0 bridgehead atoms. The van der Waals surface area contributed by atoms with Crippen molar-refractivity contribution in [2.75, 3.05) is 20.2 Å².